The lowest BCUT2D eigenvalue weighted by molar-refractivity contribution is 0.0696. The standard InChI is InChI=1S/C11H9Br2NO4/c1-2-3-18-11(17)14-9-7(12)4-6(10(15)16)5-8(9)13/h2,4-5H,1,3H2,(H,14,17)(H,15,16). The van der Waals surface area contributed by atoms with Crippen LogP contribution in [-0.4, -0.2) is 23.8 Å². The van der Waals surface area contributed by atoms with Crippen LogP contribution >= 0.6 is 31.9 Å². The van der Waals surface area contributed by atoms with Crippen LogP contribution in [0.25, 0.3) is 0 Å². The lowest BCUT2D eigenvalue weighted by Gasteiger charge is -2.10. The number of rotatable bonds is 4. The average Bonchev–Trinajstić information content (AvgIpc) is 2.30. The monoisotopic (exact) mass is 377 g/mol. The van der Waals surface area contributed by atoms with E-state index in [2.05, 4.69) is 43.8 Å². The van der Waals surface area contributed by atoms with E-state index in [1.54, 1.807) is 0 Å². The van der Waals surface area contributed by atoms with E-state index in [4.69, 9.17) is 9.84 Å². The van der Waals surface area contributed by atoms with E-state index < -0.39 is 12.1 Å². The maximum atomic E-state index is 11.4. The summed E-state index contributed by atoms with van der Waals surface area (Å²) < 4.78 is 5.63. The first-order chi connectivity index (χ1) is 8.45. The van der Waals surface area contributed by atoms with Gasteiger partial charge in [0.05, 0.1) is 11.3 Å². The molecule has 0 saturated heterocycles. The van der Waals surface area contributed by atoms with Gasteiger partial charge in [-0.2, -0.15) is 0 Å². The fourth-order valence-corrected chi connectivity index (χ4v) is 2.47. The van der Waals surface area contributed by atoms with E-state index in [0.29, 0.717) is 14.6 Å². The van der Waals surface area contributed by atoms with Crippen LogP contribution in [0.15, 0.2) is 33.7 Å². The molecule has 0 aliphatic heterocycles. The smallest absolute Gasteiger partial charge is 0.412 e. The van der Waals surface area contributed by atoms with Gasteiger partial charge in [0.25, 0.3) is 0 Å². The number of amides is 1. The highest BCUT2D eigenvalue weighted by molar-refractivity contribution is 9.11. The lowest BCUT2D eigenvalue weighted by atomic mass is 10.2. The van der Waals surface area contributed by atoms with Crippen molar-refractivity contribution in [1.82, 2.24) is 0 Å². The van der Waals surface area contributed by atoms with Crippen molar-refractivity contribution in [3.8, 4) is 0 Å². The predicted molar refractivity (Wildman–Crippen MR) is 74.0 cm³/mol. The molecule has 1 rings (SSSR count). The molecular weight excluding hydrogens is 370 g/mol. The summed E-state index contributed by atoms with van der Waals surface area (Å²) in [5.74, 6) is -1.06. The quantitative estimate of drug-likeness (QED) is 0.784. The van der Waals surface area contributed by atoms with Gasteiger partial charge < -0.3 is 9.84 Å². The van der Waals surface area contributed by atoms with E-state index in [1.807, 2.05) is 0 Å². The first-order valence-corrected chi connectivity index (χ1v) is 6.31. The number of halogens is 2. The molecule has 0 bridgehead atoms. The van der Waals surface area contributed by atoms with Gasteiger partial charge in [0.1, 0.15) is 6.61 Å². The summed E-state index contributed by atoms with van der Waals surface area (Å²) in [6, 6.07) is 2.77. The van der Waals surface area contributed by atoms with Crippen LogP contribution < -0.4 is 5.32 Å². The Labute approximate surface area is 120 Å². The number of ether oxygens (including phenoxy) is 1. The van der Waals surface area contributed by atoms with E-state index in [1.165, 1.54) is 18.2 Å². The molecule has 0 saturated carbocycles. The van der Waals surface area contributed by atoms with Crippen molar-refractivity contribution >= 4 is 49.6 Å². The van der Waals surface area contributed by atoms with E-state index in [9.17, 15) is 9.59 Å². The number of carbonyl (C=O) groups is 2. The van der Waals surface area contributed by atoms with Gasteiger partial charge in [0.15, 0.2) is 0 Å². The van der Waals surface area contributed by atoms with E-state index in [-0.39, 0.29) is 12.2 Å². The van der Waals surface area contributed by atoms with Crippen molar-refractivity contribution in [2.75, 3.05) is 11.9 Å². The predicted octanol–water partition coefficient (Wildman–Crippen LogP) is 3.64. The summed E-state index contributed by atoms with van der Waals surface area (Å²) in [7, 11) is 0. The summed E-state index contributed by atoms with van der Waals surface area (Å²) in [5, 5.41) is 11.3. The van der Waals surface area contributed by atoms with E-state index >= 15 is 0 Å². The number of hydrogen-bond acceptors (Lipinski definition) is 3. The topological polar surface area (TPSA) is 75.6 Å². The Bertz CT molecular complexity index is 479. The molecule has 0 aliphatic carbocycles. The summed E-state index contributed by atoms with van der Waals surface area (Å²) in [6.07, 6.45) is 0.788. The van der Waals surface area contributed by atoms with Gasteiger partial charge in [0, 0.05) is 8.95 Å². The highest BCUT2D eigenvalue weighted by Gasteiger charge is 2.14. The Morgan fingerprint density at radius 2 is 1.94 bits per heavy atom. The average molecular weight is 379 g/mol. The van der Waals surface area contributed by atoms with Crippen LogP contribution in [0.3, 0.4) is 0 Å². The third kappa shape index (κ3) is 3.85. The molecule has 1 aromatic carbocycles. The van der Waals surface area contributed by atoms with Crippen molar-refractivity contribution in [2.24, 2.45) is 0 Å². The zero-order valence-corrected chi connectivity index (χ0v) is 12.2. The number of carboxylic acids is 1. The molecule has 18 heavy (non-hydrogen) atoms. The van der Waals surface area contributed by atoms with Crippen LogP contribution in [0.1, 0.15) is 10.4 Å². The van der Waals surface area contributed by atoms with Gasteiger partial charge in [-0.15, -0.1) is 0 Å². The number of aromatic carboxylic acids is 1. The van der Waals surface area contributed by atoms with Crippen molar-refractivity contribution < 1.29 is 19.4 Å². The SMILES string of the molecule is C=CCOC(=O)Nc1c(Br)cc(C(=O)O)cc1Br. The molecule has 0 fully saturated rings. The Kier molecular flexibility index (Phi) is 5.36. The Morgan fingerprint density at radius 3 is 2.39 bits per heavy atom. The number of benzene rings is 1. The number of carbonyl (C=O) groups excluding carboxylic acids is 1. The van der Waals surface area contributed by atoms with Crippen LogP contribution in [0.2, 0.25) is 0 Å². The zero-order chi connectivity index (χ0) is 13.7. The van der Waals surface area contributed by atoms with Gasteiger partial charge in [-0.3, -0.25) is 5.32 Å². The van der Waals surface area contributed by atoms with Gasteiger partial charge in [-0.25, -0.2) is 9.59 Å². The molecule has 0 heterocycles. The molecule has 0 aliphatic rings. The minimum absolute atomic E-state index is 0.0915. The highest BCUT2D eigenvalue weighted by atomic mass is 79.9. The van der Waals surface area contributed by atoms with Crippen molar-refractivity contribution in [3.05, 3.63) is 39.3 Å². The van der Waals surface area contributed by atoms with Gasteiger partial charge in [-0.1, -0.05) is 12.7 Å². The Hall–Kier alpha value is -1.34. The minimum Gasteiger partial charge on any atom is -0.478 e. The molecule has 0 spiro atoms. The number of nitrogens with one attached hydrogen (secondary N) is 1. The zero-order valence-electron chi connectivity index (χ0n) is 9.07. The van der Waals surface area contributed by atoms with Gasteiger partial charge in [0.2, 0.25) is 0 Å². The Morgan fingerprint density at radius 1 is 1.39 bits per heavy atom. The number of carboxylic acid groups (broad SMARTS) is 1. The molecule has 0 aromatic heterocycles. The van der Waals surface area contributed by atoms with Crippen molar-refractivity contribution in [1.29, 1.82) is 0 Å². The second-order valence-corrected chi connectivity index (χ2v) is 4.84. The third-order valence-corrected chi connectivity index (χ3v) is 3.10. The molecule has 5 nitrogen and oxygen atoms in total. The van der Waals surface area contributed by atoms with Crippen molar-refractivity contribution in [2.45, 2.75) is 0 Å². The molecule has 7 heteroatoms. The molecule has 2 N–H and O–H groups in total. The van der Waals surface area contributed by atoms with Crippen LogP contribution in [0.5, 0.6) is 0 Å². The van der Waals surface area contributed by atoms with Crippen molar-refractivity contribution in [3.63, 3.8) is 0 Å². The maximum absolute atomic E-state index is 11.4. The summed E-state index contributed by atoms with van der Waals surface area (Å²) in [4.78, 5) is 22.2. The van der Waals surface area contributed by atoms with Gasteiger partial charge >= 0.3 is 12.1 Å². The molecule has 0 radical (unpaired) electrons. The molecule has 1 aromatic rings. The molecule has 96 valence electrons. The second-order valence-electron chi connectivity index (χ2n) is 3.13. The van der Waals surface area contributed by atoms with Crippen LogP contribution in [0.4, 0.5) is 10.5 Å². The minimum atomic E-state index is -1.06. The largest absolute Gasteiger partial charge is 0.478 e. The lowest BCUT2D eigenvalue weighted by Crippen LogP contribution is -2.14. The molecule has 0 unspecified atom stereocenters. The summed E-state index contributed by atoms with van der Waals surface area (Å²) in [5.41, 5.74) is 0.493. The normalized spacial score (nSPS) is 9.67. The molecular formula is C11H9Br2NO4. The first kappa shape index (κ1) is 14.7. The highest BCUT2D eigenvalue weighted by Crippen LogP contribution is 2.32. The number of anilines is 1. The second kappa shape index (κ2) is 6.55. The fourth-order valence-electron chi connectivity index (χ4n) is 1.09. The summed E-state index contributed by atoms with van der Waals surface area (Å²) >= 11 is 6.36. The van der Waals surface area contributed by atoms with Gasteiger partial charge in [-0.05, 0) is 44.0 Å². The molecule has 1 amide bonds. The fraction of sp³-hybridized carbons (Fsp3) is 0.0909. The van der Waals surface area contributed by atoms with Crippen LogP contribution in [-0.2, 0) is 4.74 Å². The van der Waals surface area contributed by atoms with E-state index in [0.717, 1.165) is 0 Å². The third-order valence-electron chi connectivity index (χ3n) is 1.85. The maximum Gasteiger partial charge on any atom is 0.412 e. The summed E-state index contributed by atoms with van der Waals surface area (Å²) in [6.45, 7) is 3.51. The molecule has 0 atom stereocenters. The first-order valence-electron chi connectivity index (χ1n) is 4.72. The van der Waals surface area contributed by atoms with Crippen LogP contribution in [0, 0.1) is 0 Å². The number of hydrogen-bond donors (Lipinski definition) is 2. The Balaban J connectivity index is 2.93.